The SMILES string of the molecule is C=CCN(Cc1cccn1Cc1ccc(F)cc1)C(=O)Nc1cccc(OC)c1. The van der Waals surface area contributed by atoms with E-state index in [1.807, 2.05) is 41.1 Å². The molecule has 0 spiro atoms. The van der Waals surface area contributed by atoms with E-state index in [-0.39, 0.29) is 11.8 Å². The fourth-order valence-electron chi connectivity index (χ4n) is 3.01. The largest absolute Gasteiger partial charge is 0.497 e. The molecule has 0 aliphatic rings. The van der Waals surface area contributed by atoms with Gasteiger partial charge in [0.2, 0.25) is 0 Å². The smallest absolute Gasteiger partial charge is 0.322 e. The Morgan fingerprint density at radius 2 is 2.00 bits per heavy atom. The number of nitrogens with zero attached hydrogens (tertiary/aromatic N) is 2. The maximum Gasteiger partial charge on any atom is 0.322 e. The number of benzene rings is 2. The van der Waals surface area contributed by atoms with Crippen molar-refractivity contribution in [1.29, 1.82) is 0 Å². The van der Waals surface area contributed by atoms with Crippen molar-refractivity contribution in [3.8, 4) is 5.75 Å². The first-order valence-electron chi connectivity index (χ1n) is 9.28. The highest BCUT2D eigenvalue weighted by Gasteiger charge is 2.15. The monoisotopic (exact) mass is 393 g/mol. The zero-order valence-electron chi connectivity index (χ0n) is 16.3. The van der Waals surface area contributed by atoms with Gasteiger partial charge >= 0.3 is 6.03 Å². The number of nitrogens with one attached hydrogen (secondary N) is 1. The lowest BCUT2D eigenvalue weighted by molar-refractivity contribution is 0.214. The van der Waals surface area contributed by atoms with Crippen molar-refractivity contribution in [1.82, 2.24) is 9.47 Å². The topological polar surface area (TPSA) is 46.5 Å². The van der Waals surface area contributed by atoms with Crippen molar-refractivity contribution in [2.75, 3.05) is 19.0 Å². The number of hydrogen-bond acceptors (Lipinski definition) is 2. The van der Waals surface area contributed by atoms with Crippen molar-refractivity contribution >= 4 is 11.7 Å². The van der Waals surface area contributed by atoms with E-state index in [1.54, 1.807) is 36.3 Å². The van der Waals surface area contributed by atoms with Gasteiger partial charge in [-0.25, -0.2) is 9.18 Å². The lowest BCUT2D eigenvalue weighted by Gasteiger charge is -2.23. The Labute approximate surface area is 170 Å². The minimum atomic E-state index is -0.257. The van der Waals surface area contributed by atoms with Gasteiger partial charge in [-0.2, -0.15) is 0 Å². The van der Waals surface area contributed by atoms with Crippen LogP contribution in [0.1, 0.15) is 11.3 Å². The van der Waals surface area contributed by atoms with Crippen molar-refractivity contribution in [3.05, 3.63) is 96.6 Å². The zero-order chi connectivity index (χ0) is 20.6. The molecule has 0 saturated heterocycles. The molecule has 0 aliphatic heterocycles. The second-order valence-corrected chi connectivity index (χ2v) is 6.59. The van der Waals surface area contributed by atoms with E-state index in [9.17, 15) is 9.18 Å². The Morgan fingerprint density at radius 3 is 2.72 bits per heavy atom. The number of ether oxygens (including phenoxy) is 1. The van der Waals surface area contributed by atoms with Crippen LogP contribution in [-0.2, 0) is 13.1 Å². The molecule has 0 radical (unpaired) electrons. The van der Waals surface area contributed by atoms with Gasteiger partial charge in [-0.1, -0.05) is 24.3 Å². The Kier molecular flexibility index (Phi) is 6.68. The molecule has 0 fully saturated rings. The lowest BCUT2D eigenvalue weighted by atomic mass is 10.2. The molecule has 2 aromatic carbocycles. The van der Waals surface area contributed by atoms with Crippen LogP contribution >= 0.6 is 0 Å². The van der Waals surface area contributed by atoms with Gasteiger partial charge in [0.05, 0.1) is 13.7 Å². The van der Waals surface area contributed by atoms with Crippen LogP contribution in [0.2, 0.25) is 0 Å². The second kappa shape index (κ2) is 9.59. The molecule has 5 nitrogen and oxygen atoms in total. The first kappa shape index (κ1) is 20.2. The lowest BCUT2D eigenvalue weighted by Crippen LogP contribution is -2.35. The zero-order valence-corrected chi connectivity index (χ0v) is 16.3. The molecule has 0 aliphatic carbocycles. The van der Waals surface area contributed by atoms with Gasteiger partial charge < -0.3 is 19.5 Å². The molecule has 6 heteroatoms. The summed E-state index contributed by atoms with van der Waals surface area (Å²) in [6.45, 7) is 5.17. The molecular weight excluding hydrogens is 369 g/mol. The molecule has 29 heavy (non-hydrogen) atoms. The minimum Gasteiger partial charge on any atom is -0.497 e. The summed E-state index contributed by atoms with van der Waals surface area (Å²) in [4.78, 5) is 14.5. The number of hydrogen-bond donors (Lipinski definition) is 1. The number of amides is 2. The van der Waals surface area contributed by atoms with Gasteiger partial charge in [0.15, 0.2) is 0 Å². The first-order chi connectivity index (χ1) is 14.1. The van der Waals surface area contributed by atoms with Crippen LogP contribution in [0, 0.1) is 5.82 Å². The molecule has 3 aromatic rings. The van der Waals surface area contributed by atoms with E-state index in [0.29, 0.717) is 31.1 Å². The van der Waals surface area contributed by atoms with Crippen LogP contribution in [0.25, 0.3) is 0 Å². The van der Waals surface area contributed by atoms with Crippen LogP contribution < -0.4 is 10.1 Å². The molecule has 0 unspecified atom stereocenters. The quantitative estimate of drug-likeness (QED) is 0.553. The summed E-state index contributed by atoms with van der Waals surface area (Å²) in [7, 11) is 1.58. The number of carbonyl (C=O) groups excluding carboxylic acids is 1. The highest BCUT2D eigenvalue weighted by atomic mass is 19.1. The fraction of sp³-hybridized carbons (Fsp3) is 0.174. The summed E-state index contributed by atoms with van der Waals surface area (Å²) in [5.41, 5.74) is 2.61. The van der Waals surface area contributed by atoms with E-state index in [4.69, 9.17) is 4.74 Å². The average molecular weight is 393 g/mol. The number of aromatic nitrogens is 1. The molecule has 0 saturated carbocycles. The minimum absolute atomic E-state index is 0.229. The fourth-order valence-corrected chi connectivity index (χ4v) is 3.01. The molecule has 0 atom stereocenters. The van der Waals surface area contributed by atoms with E-state index >= 15 is 0 Å². The van der Waals surface area contributed by atoms with E-state index in [1.165, 1.54) is 12.1 Å². The van der Waals surface area contributed by atoms with Gasteiger partial charge in [-0.15, -0.1) is 6.58 Å². The van der Waals surface area contributed by atoms with Gasteiger partial charge in [0, 0.05) is 36.7 Å². The van der Waals surface area contributed by atoms with Crippen LogP contribution in [0.3, 0.4) is 0 Å². The number of methoxy groups -OCH3 is 1. The molecule has 3 rings (SSSR count). The number of anilines is 1. The number of rotatable bonds is 8. The van der Waals surface area contributed by atoms with Crippen LogP contribution in [0.15, 0.2) is 79.5 Å². The van der Waals surface area contributed by atoms with Gasteiger partial charge in [0.25, 0.3) is 0 Å². The summed E-state index contributed by atoms with van der Waals surface area (Å²) in [6, 6.07) is 17.3. The van der Waals surface area contributed by atoms with E-state index in [0.717, 1.165) is 11.3 Å². The Hall–Kier alpha value is -3.54. The number of halogens is 1. The Morgan fingerprint density at radius 1 is 1.21 bits per heavy atom. The molecular formula is C23H24FN3O2. The highest BCUT2D eigenvalue weighted by molar-refractivity contribution is 5.89. The van der Waals surface area contributed by atoms with Crippen molar-refractivity contribution in [2.24, 2.45) is 0 Å². The predicted octanol–water partition coefficient (Wildman–Crippen LogP) is 4.90. The molecule has 150 valence electrons. The van der Waals surface area contributed by atoms with Crippen molar-refractivity contribution in [2.45, 2.75) is 13.1 Å². The molecule has 2 amide bonds. The standard InChI is InChI=1S/C23H24FN3O2/c1-3-13-27(23(28)25-20-6-4-8-22(15-20)29-2)17-21-7-5-14-26(21)16-18-9-11-19(24)12-10-18/h3-12,14-15H,1,13,16-17H2,2H3,(H,25,28). The summed E-state index contributed by atoms with van der Waals surface area (Å²) in [6.07, 6.45) is 3.64. The Bertz CT molecular complexity index is 966. The predicted molar refractivity (Wildman–Crippen MR) is 113 cm³/mol. The van der Waals surface area contributed by atoms with Crippen molar-refractivity contribution in [3.63, 3.8) is 0 Å². The summed E-state index contributed by atoms with van der Waals surface area (Å²) in [5.74, 6) is 0.416. The molecule has 0 bridgehead atoms. The van der Waals surface area contributed by atoms with Gasteiger partial charge in [-0.3, -0.25) is 0 Å². The van der Waals surface area contributed by atoms with Crippen LogP contribution in [0.5, 0.6) is 5.75 Å². The van der Waals surface area contributed by atoms with Crippen LogP contribution in [0.4, 0.5) is 14.9 Å². The molecule has 1 heterocycles. The molecule has 1 N–H and O–H groups in total. The van der Waals surface area contributed by atoms with Gasteiger partial charge in [0.1, 0.15) is 11.6 Å². The van der Waals surface area contributed by atoms with Crippen LogP contribution in [-0.4, -0.2) is 29.2 Å². The maximum absolute atomic E-state index is 13.1. The second-order valence-electron chi connectivity index (χ2n) is 6.59. The molecule has 1 aromatic heterocycles. The third-order valence-electron chi connectivity index (χ3n) is 4.50. The van der Waals surface area contributed by atoms with E-state index < -0.39 is 0 Å². The maximum atomic E-state index is 13.1. The number of urea groups is 1. The normalized spacial score (nSPS) is 10.4. The van der Waals surface area contributed by atoms with E-state index in [2.05, 4.69) is 11.9 Å². The first-order valence-corrected chi connectivity index (χ1v) is 9.28. The Balaban J connectivity index is 1.71. The highest BCUT2D eigenvalue weighted by Crippen LogP contribution is 2.18. The summed E-state index contributed by atoms with van der Waals surface area (Å²) >= 11 is 0. The number of carbonyl (C=O) groups is 1. The van der Waals surface area contributed by atoms with Gasteiger partial charge in [-0.05, 0) is 42.0 Å². The summed E-state index contributed by atoms with van der Waals surface area (Å²) in [5, 5.41) is 2.90. The third-order valence-corrected chi connectivity index (χ3v) is 4.50. The summed E-state index contributed by atoms with van der Waals surface area (Å²) < 4.78 is 20.4. The van der Waals surface area contributed by atoms with Crippen molar-refractivity contribution < 1.29 is 13.9 Å². The average Bonchev–Trinajstić information content (AvgIpc) is 3.16. The third kappa shape index (κ3) is 5.48.